The number of piperidine rings is 1. The van der Waals surface area contributed by atoms with E-state index in [0.717, 1.165) is 46.9 Å². The highest BCUT2D eigenvalue weighted by atomic mass is 16.7. The summed E-state index contributed by atoms with van der Waals surface area (Å²) in [4.78, 5) is 10.6. The zero-order valence-electron chi connectivity index (χ0n) is 14.3. The second-order valence-corrected chi connectivity index (χ2v) is 6.67. The molecule has 1 aromatic carbocycles. The summed E-state index contributed by atoms with van der Waals surface area (Å²) in [5, 5.41) is 15.6. The number of ether oxygens (including phenoxy) is 2. The Labute approximate surface area is 149 Å². The Kier molecular flexibility index (Phi) is 3.46. The molecule has 0 aliphatic carbocycles. The largest absolute Gasteiger partial charge is 0.454 e. The lowest BCUT2D eigenvalue weighted by Gasteiger charge is -2.37. The number of aromatic nitrogens is 3. The number of anilines is 1. The van der Waals surface area contributed by atoms with Crippen LogP contribution in [-0.4, -0.2) is 46.2 Å². The third-order valence-electron chi connectivity index (χ3n) is 5.13. The summed E-state index contributed by atoms with van der Waals surface area (Å²) >= 11 is 0. The Hall–Kier alpha value is -2.87. The molecule has 0 saturated carbocycles. The van der Waals surface area contributed by atoms with Gasteiger partial charge in [0.15, 0.2) is 11.5 Å². The molecule has 0 radical (unpaired) electrons. The van der Waals surface area contributed by atoms with E-state index in [1.54, 1.807) is 0 Å². The van der Waals surface area contributed by atoms with Gasteiger partial charge in [0, 0.05) is 19.0 Å². The first-order valence-electron chi connectivity index (χ1n) is 8.60. The molecule has 2 aliphatic rings. The summed E-state index contributed by atoms with van der Waals surface area (Å²) in [5.41, 5.74) is 2.29. The van der Waals surface area contributed by atoms with E-state index in [2.05, 4.69) is 20.0 Å². The summed E-state index contributed by atoms with van der Waals surface area (Å²) in [6, 6.07) is 5.88. The zero-order valence-corrected chi connectivity index (χ0v) is 14.3. The van der Waals surface area contributed by atoms with Gasteiger partial charge in [-0.25, -0.2) is 4.98 Å². The van der Waals surface area contributed by atoms with E-state index >= 15 is 0 Å². The standard InChI is InChI=1S/C18H18N4O4/c1-10-16-17(19-8-20-18(16)26-21-10)22-5-4-12(13(23)7-22)11-2-3-14-15(6-11)25-9-24-14/h2-3,6,8,12-13,23H,4-5,7,9H2,1H3/t12-,13+/m0/s1. The molecule has 5 rings (SSSR count). The fraction of sp³-hybridized carbons (Fsp3) is 0.389. The fourth-order valence-electron chi connectivity index (χ4n) is 3.80. The van der Waals surface area contributed by atoms with E-state index < -0.39 is 6.10 Å². The number of hydrogen-bond donors (Lipinski definition) is 1. The smallest absolute Gasteiger partial charge is 0.263 e. The Morgan fingerprint density at radius 2 is 2.08 bits per heavy atom. The normalized spacial score (nSPS) is 22.2. The van der Waals surface area contributed by atoms with Crippen molar-refractivity contribution < 1.29 is 19.1 Å². The van der Waals surface area contributed by atoms with Crippen molar-refractivity contribution >= 4 is 16.9 Å². The molecular weight excluding hydrogens is 336 g/mol. The molecule has 1 N–H and O–H groups in total. The lowest BCUT2D eigenvalue weighted by molar-refractivity contribution is 0.129. The minimum atomic E-state index is -0.519. The van der Waals surface area contributed by atoms with Crippen LogP contribution in [0.3, 0.4) is 0 Å². The Morgan fingerprint density at radius 3 is 2.96 bits per heavy atom. The fourth-order valence-corrected chi connectivity index (χ4v) is 3.80. The molecule has 2 atom stereocenters. The van der Waals surface area contributed by atoms with Crippen molar-refractivity contribution in [2.24, 2.45) is 0 Å². The first-order valence-corrected chi connectivity index (χ1v) is 8.60. The zero-order chi connectivity index (χ0) is 17.7. The van der Waals surface area contributed by atoms with Crippen molar-refractivity contribution in [2.45, 2.75) is 25.4 Å². The van der Waals surface area contributed by atoms with E-state index in [1.165, 1.54) is 6.33 Å². The van der Waals surface area contributed by atoms with Crippen LogP contribution in [0.25, 0.3) is 11.1 Å². The SMILES string of the molecule is Cc1noc2ncnc(N3CC[C@@H](c4ccc5c(c4)OCO5)[C@H](O)C3)c12. The molecule has 134 valence electrons. The molecule has 0 amide bonds. The Morgan fingerprint density at radius 1 is 1.19 bits per heavy atom. The highest BCUT2D eigenvalue weighted by Crippen LogP contribution is 2.38. The van der Waals surface area contributed by atoms with Crippen LogP contribution >= 0.6 is 0 Å². The van der Waals surface area contributed by atoms with E-state index in [0.29, 0.717) is 12.3 Å². The van der Waals surface area contributed by atoms with Gasteiger partial charge in [0.2, 0.25) is 6.79 Å². The maximum atomic E-state index is 10.8. The third kappa shape index (κ3) is 2.37. The predicted octanol–water partition coefficient (Wildman–Crippen LogP) is 2.01. The van der Waals surface area contributed by atoms with Gasteiger partial charge in [-0.15, -0.1) is 0 Å². The molecule has 26 heavy (non-hydrogen) atoms. The van der Waals surface area contributed by atoms with Crippen molar-refractivity contribution in [1.29, 1.82) is 0 Å². The van der Waals surface area contributed by atoms with Gasteiger partial charge < -0.3 is 24.0 Å². The molecule has 0 spiro atoms. The van der Waals surface area contributed by atoms with Crippen molar-refractivity contribution in [2.75, 3.05) is 24.8 Å². The number of aryl methyl sites for hydroxylation is 1. The topological polar surface area (TPSA) is 93.7 Å². The van der Waals surface area contributed by atoms with Crippen LogP contribution in [0.15, 0.2) is 29.0 Å². The number of β-amino-alcohol motifs (C(OH)–C–C–N with tert-alkyl or cyclic N) is 1. The average molecular weight is 354 g/mol. The predicted molar refractivity (Wildman–Crippen MR) is 92.5 cm³/mol. The Bertz CT molecular complexity index is 973. The van der Waals surface area contributed by atoms with Crippen LogP contribution in [0.2, 0.25) is 0 Å². The first kappa shape index (κ1) is 15.4. The highest BCUT2D eigenvalue weighted by Gasteiger charge is 2.32. The number of fused-ring (bicyclic) bond motifs is 2. The van der Waals surface area contributed by atoms with Gasteiger partial charge in [-0.05, 0) is 31.0 Å². The molecule has 2 aliphatic heterocycles. The first-order chi connectivity index (χ1) is 12.7. The van der Waals surface area contributed by atoms with Gasteiger partial charge >= 0.3 is 0 Å². The summed E-state index contributed by atoms with van der Waals surface area (Å²) in [7, 11) is 0. The Balaban J connectivity index is 1.41. The van der Waals surface area contributed by atoms with Crippen LogP contribution in [0, 0.1) is 6.92 Å². The maximum absolute atomic E-state index is 10.8. The summed E-state index contributed by atoms with van der Waals surface area (Å²) in [5.74, 6) is 2.31. The molecule has 8 nitrogen and oxygen atoms in total. The molecule has 2 aromatic heterocycles. The van der Waals surface area contributed by atoms with E-state index in [1.807, 2.05) is 25.1 Å². The van der Waals surface area contributed by atoms with Gasteiger partial charge in [0.25, 0.3) is 5.71 Å². The van der Waals surface area contributed by atoms with Crippen LogP contribution in [0.4, 0.5) is 5.82 Å². The molecule has 0 unspecified atom stereocenters. The van der Waals surface area contributed by atoms with Crippen LogP contribution in [0.5, 0.6) is 11.5 Å². The average Bonchev–Trinajstić information content (AvgIpc) is 3.28. The van der Waals surface area contributed by atoms with Crippen molar-refractivity contribution in [1.82, 2.24) is 15.1 Å². The van der Waals surface area contributed by atoms with E-state index in [-0.39, 0.29) is 12.7 Å². The van der Waals surface area contributed by atoms with Crippen molar-refractivity contribution in [3.05, 3.63) is 35.8 Å². The number of aliphatic hydroxyl groups excluding tert-OH is 1. The maximum Gasteiger partial charge on any atom is 0.263 e. The second-order valence-electron chi connectivity index (χ2n) is 6.67. The van der Waals surface area contributed by atoms with Gasteiger partial charge in [-0.2, -0.15) is 4.98 Å². The van der Waals surface area contributed by atoms with Gasteiger partial charge in [0.05, 0.1) is 11.8 Å². The lowest BCUT2D eigenvalue weighted by atomic mass is 9.87. The van der Waals surface area contributed by atoms with Gasteiger partial charge in [-0.3, -0.25) is 0 Å². The lowest BCUT2D eigenvalue weighted by Crippen LogP contribution is -2.43. The van der Waals surface area contributed by atoms with Gasteiger partial charge in [0.1, 0.15) is 17.5 Å². The number of benzene rings is 1. The third-order valence-corrected chi connectivity index (χ3v) is 5.13. The van der Waals surface area contributed by atoms with Crippen LogP contribution < -0.4 is 14.4 Å². The molecule has 8 heteroatoms. The minimum Gasteiger partial charge on any atom is -0.454 e. The number of rotatable bonds is 2. The van der Waals surface area contributed by atoms with E-state index in [4.69, 9.17) is 14.0 Å². The van der Waals surface area contributed by atoms with E-state index in [9.17, 15) is 5.11 Å². The number of aliphatic hydroxyl groups is 1. The summed E-state index contributed by atoms with van der Waals surface area (Å²) in [6.45, 7) is 3.37. The van der Waals surface area contributed by atoms with Crippen molar-refractivity contribution in [3.8, 4) is 11.5 Å². The molecule has 1 saturated heterocycles. The monoisotopic (exact) mass is 354 g/mol. The number of hydrogen-bond acceptors (Lipinski definition) is 8. The quantitative estimate of drug-likeness (QED) is 0.747. The highest BCUT2D eigenvalue weighted by molar-refractivity contribution is 5.87. The van der Waals surface area contributed by atoms with Crippen molar-refractivity contribution in [3.63, 3.8) is 0 Å². The molecule has 1 fully saturated rings. The molecule has 3 aromatic rings. The minimum absolute atomic E-state index is 0.0432. The molecular formula is C18H18N4O4. The molecule has 0 bridgehead atoms. The number of nitrogens with zero attached hydrogens (tertiary/aromatic N) is 4. The van der Waals surface area contributed by atoms with Gasteiger partial charge in [-0.1, -0.05) is 11.2 Å². The van der Waals surface area contributed by atoms with Crippen LogP contribution in [0.1, 0.15) is 23.6 Å². The van der Waals surface area contributed by atoms with Crippen LogP contribution in [-0.2, 0) is 0 Å². The molecule has 4 heterocycles. The summed E-state index contributed by atoms with van der Waals surface area (Å²) in [6.07, 6.45) is 1.75. The second kappa shape index (κ2) is 5.84. The summed E-state index contributed by atoms with van der Waals surface area (Å²) < 4.78 is 16.0.